The summed E-state index contributed by atoms with van der Waals surface area (Å²) in [4.78, 5) is 11.7. The van der Waals surface area contributed by atoms with Crippen LogP contribution in [-0.2, 0) is 6.54 Å². The van der Waals surface area contributed by atoms with Gasteiger partial charge < -0.3 is 10.2 Å². The number of hydrogen-bond donors (Lipinski definition) is 1. The Kier molecular flexibility index (Phi) is 6.10. The molecule has 0 atom stereocenters. The molecular weight excluding hydrogens is 407 g/mol. The van der Waals surface area contributed by atoms with Crippen molar-refractivity contribution in [1.82, 2.24) is 15.2 Å². The quantitative estimate of drug-likeness (QED) is 0.422. The van der Waals surface area contributed by atoms with Gasteiger partial charge in [-0.1, -0.05) is 0 Å². The van der Waals surface area contributed by atoms with Crippen LogP contribution in [0.2, 0.25) is 0 Å². The zero-order valence-corrected chi connectivity index (χ0v) is 16.9. The lowest BCUT2D eigenvalue weighted by atomic mass is 10.0. The van der Waals surface area contributed by atoms with Gasteiger partial charge in [-0.3, -0.25) is 4.99 Å². The van der Waals surface area contributed by atoms with E-state index in [4.69, 9.17) is 4.99 Å². The molecule has 0 saturated heterocycles. The summed E-state index contributed by atoms with van der Waals surface area (Å²) < 4.78 is 0. The molecule has 0 spiro atoms. The summed E-state index contributed by atoms with van der Waals surface area (Å²) in [7, 11) is 2.10. The number of hydrogen-bond acceptors (Lipinski definition) is 3. The molecule has 0 aliphatic heterocycles. The molecule has 6 heteroatoms. The van der Waals surface area contributed by atoms with Gasteiger partial charge in [0.25, 0.3) is 0 Å². The summed E-state index contributed by atoms with van der Waals surface area (Å²) in [5.41, 5.74) is 1.70. The molecule has 2 fully saturated rings. The Bertz CT molecular complexity index is 520. The first-order valence-corrected chi connectivity index (χ1v) is 8.91. The molecule has 0 aromatic carbocycles. The molecule has 1 N–H and O–H groups in total. The molecule has 0 bridgehead atoms. The number of guanidine groups is 1. The van der Waals surface area contributed by atoms with E-state index < -0.39 is 0 Å². The van der Waals surface area contributed by atoms with Crippen molar-refractivity contribution >= 4 is 41.3 Å². The average Bonchev–Trinajstić information content (AvgIpc) is 3.34. The molecule has 22 heavy (non-hydrogen) atoms. The van der Waals surface area contributed by atoms with Crippen LogP contribution in [-0.4, -0.2) is 36.0 Å². The highest BCUT2D eigenvalue weighted by molar-refractivity contribution is 14.0. The fourth-order valence-electron chi connectivity index (χ4n) is 3.05. The summed E-state index contributed by atoms with van der Waals surface area (Å²) in [5, 5.41) is 6.69. The third kappa shape index (κ3) is 4.34. The zero-order valence-electron chi connectivity index (χ0n) is 13.8. The molecule has 2 aliphatic carbocycles. The Balaban J connectivity index is 0.00000176. The van der Waals surface area contributed by atoms with Gasteiger partial charge in [0.2, 0.25) is 0 Å². The third-order valence-electron chi connectivity index (χ3n) is 4.64. The van der Waals surface area contributed by atoms with Crippen molar-refractivity contribution in [1.29, 1.82) is 0 Å². The first kappa shape index (κ1) is 18.0. The van der Waals surface area contributed by atoms with Crippen LogP contribution in [0.3, 0.4) is 0 Å². The molecule has 2 aliphatic rings. The summed E-state index contributed by atoms with van der Waals surface area (Å²) >= 11 is 1.71. The minimum Gasteiger partial charge on any atom is -0.357 e. The van der Waals surface area contributed by atoms with E-state index in [2.05, 4.69) is 41.5 Å². The van der Waals surface area contributed by atoms with Gasteiger partial charge in [-0.15, -0.1) is 35.3 Å². The van der Waals surface area contributed by atoms with E-state index in [-0.39, 0.29) is 24.0 Å². The van der Waals surface area contributed by atoms with Gasteiger partial charge in [-0.25, -0.2) is 4.98 Å². The van der Waals surface area contributed by atoms with Crippen molar-refractivity contribution in [2.75, 3.05) is 20.1 Å². The van der Waals surface area contributed by atoms with Crippen LogP contribution >= 0.6 is 35.3 Å². The number of aromatic nitrogens is 1. The molecule has 1 aromatic rings. The Labute approximate surface area is 154 Å². The minimum atomic E-state index is 0. The van der Waals surface area contributed by atoms with Gasteiger partial charge in [0.05, 0.1) is 17.2 Å². The molecule has 124 valence electrons. The molecule has 4 nitrogen and oxygen atoms in total. The standard InChI is InChI=1S/C16H26N4S.HI/c1-4-17-15(18-11-16(7-8-16)13-5-6-13)20(3)9-14-10-21-12(2)19-14;/h10,13H,4-9,11H2,1-3H3,(H,17,18);1H. The Hall–Kier alpha value is -0.370. The predicted molar refractivity (Wildman–Crippen MR) is 104 cm³/mol. The van der Waals surface area contributed by atoms with Gasteiger partial charge >= 0.3 is 0 Å². The number of aliphatic imine (C=N–C) groups is 1. The van der Waals surface area contributed by atoms with Gasteiger partial charge in [-0.05, 0) is 50.9 Å². The van der Waals surface area contributed by atoms with Gasteiger partial charge in [0.1, 0.15) is 0 Å². The van der Waals surface area contributed by atoms with E-state index in [0.29, 0.717) is 5.41 Å². The highest BCUT2D eigenvalue weighted by Crippen LogP contribution is 2.61. The maximum Gasteiger partial charge on any atom is 0.194 e. The molecule has 1 heterocycles. The van der Waals surface area contributed by atoms with E-state index >= 15 is 0 Å². The fourth-order valence-corrected chi connectivity index (χ4v) is 3.66. The molecule has 2 saturated carbocycles. The highest BCUT2D eigenvalue weighted by atomic mass is 127. The highest BCUT2D eigenvalue weighted by Gasteiger charge is 2.53. The number of aryl methyl sites for hydroxylation is 1. The smallest absolute Gasteiger partial charge is 0.194 e. The number of thiazole rings is 1. The first-order chi connectivity index (χ1) is 10.1. The summed E-state index contributed by atoms with van der Waals surface area (Å²) in [6.45, 7) is 6.92. The molecular formula is C16H27IN4S. The number of nitrogens with one attached hydrogen (secondary N) is 1. The Morgan fingerprint density at radius 2 is 2.23 bits per heavy atom. The van der Waals surface area contributed by atoms with Crippen molar-refractivity contribution in [2.45, 2.75) is 46.1 Å². The second-order valence-electron chi connectivity index (χ2n) is 6.52. The van der Waals surface area contributed by atoms with Gasteiger partial charge in [0, 0.05) is 25.5 Å². The molecule has 0 unspecified atom stereocenters. The normalized spacial score (nSPS) is 19.5. The second-order valence-corrected chi connectivity index (χ2v) is 7.58. The van der Waals surface area contributed by atoms with Crippen LogP contribution in [0.5, 0.6) is 0 Å². The van der Waals surface area contributed by atoms with Crippen LogP contribution in [0, 0.1) is 18.3 Å². The van der Waals surface area contributed by atoms with E-state index in [1.54, 1.807) is 11.3 Å². The summed E-state index contributed by atoms with van der Waals surface area (Å²) in [6.07, 6.45) is 5.63. The van der Waals surface area contributed by atoms with E-state index in [9.17, 15) is 0 Å². The molecule has 0 amide bonds. The van der Waals surface area contributed by atoms with Gasteiger partial charge in [-0.2, -0.15) is 0 Å². The first-order valence-electron chi connectivity index (χ1n) is 8.03. The minimum absolute atomic E-state index is 0. The lowest BCUT2D eigenvalue weighted by Gasteiger charge is -2.22. The molecule has 0 radical (unpaired) electrons. The van der Waals surface area contributed by atoms with Crippen molar-refractivity contribution in [3.05, 3.63) is 16.1 Å². The monoisotopic (exact) mass is 434 g/mol. The van der Waals surface area contributed by atoms with Gasteiger partial charge in [0.15, 0.2) is 5.96 Å². The largest absolute Gasteiger partial charge is 0.357 e. The lowest BCUT2D eigenvalue weighted by Crippen LogP contribution is -2.39. The van der Waals surface area contributed by atoms with Crippen molar-refractivity contribution in [3.63, 3.8) is 0 Å². The van der Waals surface area contributed by atoms with E-state index in [1.165, 1.54) is 25.7 Å². The topological polar surface area (TPSA) is 40.5 Å². The van der Waals surface area contributed by atoms with Crippen molar-refractivity contribution < 1.29 is 0 Å². The lowest BCUT2D eigenvalue weighted by molar-refractivity contribution is 0.434. The van der Waals surface area contributed by atoms with Crippen LogP contribution in [0.25, 0.3) is 0 Å². The third-order valence-corrected chi connectivity index (χ3v) is 5.46. The molecule has 1 aromatic heterocycles. The number of rotatable bonds is 6. The maximum atomic E-state index is 4.92. The van der Waals surface area contributed by atoms with Crippen LogP contribution < -0.4 is 5.32 Å². The Morgan fingerprint density at radius 1 is 1.50 bits per heavy atom. The predicted octanol–water partition coefficient (Wildman–Crippen LogP) is 3.66. The van der Waals surface area contributed by atoms with E-state index in [0.717, 1.165) is 42.2 Å². The summed E-state index contributed by atoms with van der Waals surface area (Å²) in [5.74, 6) is 1.99. The molecule has 3 rings (SSSR count). The average molecular weight is 434 g/mol. The SMILES string of the molecule is CCNC(=NCC1(C2CC2)CC1)N(C)Cc1csc(C)n1.I. The number of halogens is 1. The number of nitrogens with zero attached hydrogens (tertiary/aromatic N) is 3. The second kappa shape index (κ2) is 7.47. The van der Waals surface area contributed by atoms with E-state index in [1.807, 2.05) is 0 Å². The Morgan fingerprint density at radius 3 is 2.73 bits per heavy atom. The maximum absolute atomic E-state index is 4.92. The van der Waals surface area contributed by atoms with Crippen molar-refractivity contribution in [3.8, 4) is 0 Å². The van der Waals surface area contributed by atoms with Crippen LogP contribution in [0.1, 0.15) is 43.3 Å². The summed E-state index contributed by atoms with van der Waals surface area (Å²) in [6, 6.07) is 0. The van der Waals surface area contributed by atoms with Crippen LogP contribution in [0.4, 0.5) is 0 Å². The zero-order chi connectivity index (χ0) is 14.9. The van der Waals surface area contributed by atoms with Crippen LogP contribution in [0.15, 0.2) is 10.4 Å². The van der Waals surface area contributed by atoms with Crippen molar-refractivity contribution in [2.24, 2.45) is 16.3 Å². The fraction of sp³-hybridized carbons (Fsp3) is 0.750.